The molecule has 0 aliphatic heterocycles. The van der Waals surface area contributed by atoms with Crippen LogP contribution in [0.3, 0.4) is 0 Å². The highest BCUT2D eigenvalue weighted by Crippen LogP contribution is 2.65. The predicted molar refractivity (Wildman–Crippen MR) is 311 cm³/mol. The van der Waals surface area contributed by atoms with Crippen LogP contribution in [0.1, 0.15) is 122 Å². The molecule has 3 nitrogen and oxygen atoms in total. The third-order valence-corrected chi connectivity index (χ3v) is 21.1. The fourth-order valence-electron chi connectivity index (χ4n) is 15.4. The molecule has 3 saturated carbocycles. The van der Waals surface area contributed by atoms with Crippen molar-refractivity contribution in [1.29, 1.82) is 0 Å². The van der Waals surface area contributed by atoms with Crippen LogP contribution < -0.4 is 15.0 Å². The van der Waals surface area contributed by atoms with Gasteiger partial charge in [0.1, 0.15) is 5.58 Å². The van der Waals surface area contributed by atoms with E-state index in [-0.39, 0.29) is 11.5 Å². The molecule has 0 amide bonds. The molecule has 7 aliphatic carbocycles. The summed E-state index contributed by atoms with van der Waals surface area (Å²) in [4.78, 5) is 5.45. The van der Waals surface area contributed by atoms with E-state index in [1.165, 1.54) is 124 Å². The Bertz CT molecular complexity index is 3700. The molecule has 8 aromatic rings. The van der Waals surface area contributed by atoms with Crippen molar-refractivity contribution in [2.75, 3.05) is 9.80 Å². The smallest absolute Gasteiger partial charge is 0.159 e. The van der Waals surface area contributed by atoms with Gasteiger partial charge in [0.25, 0.3) is 0 Å². The molecule has 5 unspecified atom stereocenters. The topological polar surface area (TPSA) is 19.6 Å². The molecule has 0 saturated heterocycles. The Hall–Kier alpha value is -6.62. The molecule has 73 heavy (non-hydrogen) atoms. The molecule has 4 heteroatoms. The van der Waals surface area contributed by atoms with Crippen molar-refractivity contribution in [3.05, 3.63) is 197 Å². The summed E-state index contributed by atoms with van der Waals surface area (Å²) < 4.78 is 7.00. The molecule has 362 valence electrons. The normalized spacial score (nSPS) is 23.8. The summed E-state index contributed by atoms with van der Waals surface area (Å²) in [6, 6.07) is 49.6. The van der Waals surface area contributed by atoms with Crippen molar-refractivity contribution in [3.63, 3.8) is 0 Å². The maximum Gasteiger partial charge on any atom is 0.159 e. The summed E-state index contributed by atoms with van der Waals surface area (Å²) in [5.74, 6) is 2.64. The number of nitrogens with zero attached hydrogens (tertiary/aromatic N) is 2. The molecule has 0 radical (unpaired) electrons. The van der Waals surface area contributed by atoms with Crippen molar-refractivity contribution in [2.45, 2.75) is 120 Å². The van der Waals surface area contributed by atoms with Crippen LogP contribution >= 0.6 is 0 Å². The van der Waals surface area contributed by atoms with Crippen molar-refractivity contribution in [1.82, 2.24) is 0 Å². The minimum absolute atomic E-state index is 0.181. The van der Waals surface area contributed by atoms with E-state index in [0.717, 1.165) is 34.0 Å². The third-order valence-electron chi connectivity index (χ3n) is 19.1. The molecular formula is C69H66N2OSi. The predicted octanol–water partition coefficient (Wildman–Crippen LogP) is 18.5. The second-order valence-corrected chi connectivity index (χ2v) is 29.3. The average molecular weight is 967 g/mol. The Balaban J connectivity index is 1.02. The quantitative estimate of drug-likeness (QED) is 0.134. The summed E-state index contributed by atoms with van der Waals surface area (Å²) in [7, 11) is -1.58. The van der Waals surface area contributed by atoms with Crippen molar-refractivity contribution in [2.24, 2.45) is 11.8 Å². The van der Waals surface area contributed by atoms with Crippen LogP contribution in [0.25, 0.3) is 55.6 Å². The van der Waals surface area contributed by atoms with Crippen molar-refractivity contribution < 1.29 is 4.42 Å². The molecule has 1 heterocycles. The Morgan fingerprint density at radius 3 is 2.22 bits per heavy atom. The first kappa shape index (κ1) is 43.9. The molecular weight excluding hydrogens is 901 g/mol. The van der Waals surface area contributed by atoms with Gasteiger partial charge < -0.3 is 14.2 Å². The number of benzene rings is 7. The summed E-state index contributed by atoms with van der Waals surface area (Å²) in [6.07, 6.45) is 30.0. The highest BCUT2D eigenvalue weighted by atomic mass is 28.3. The number of hydrogen-bond acceptors (Lipinski definition) is 3. The number of rotatable bonds is 9. The van der Waals surface area contributed by atoms with Crippen LogP contribution in [0.15, 0.2) is 168 Å². The van der Waals surface area contributed by atoms with E-state index in [1.54, 1.807) is 16.7 Å². The lowest BCUT2D eigenvalue weighted by Crippen LogP contribution is -2.42. The number of hydrogen-bond donors (Lipinski definition) is 0. The summed E-state index contributed by atoms with van der Waals surface area (Å²) in [5.41, 5.74) is 19.9. The van der Waals surface area contributed by atoms with Crippen molar-refractivity contribution in [3.8, 4) is 11.1 Å². The third kappa shape index (κ3) is 6.67. The van der Waals surface area contributed by atoms with E-state index in [9.17, 15) is 0 Å². The van der Waals surface area contributed by atoms with Crippen LogP contribution in [0.5, 0.6) is 0 Å². The molecule has 0 bridgehead atoms. The van der Waals surface area contributed by atoms with E-state index in [2.05, 4.69) is 206 Å². The lowest BCUT2D eigenvalue weighted by atomic mass is 9.58. The second-order valence-electron chi connectivity index (χ2n) is 24.2. The number of anilines is 4. The number of fused-ring (bicyclic) bond motifs is 9. The highest BCUT2D eigenvalue weighted by molar-refractivity contribution is 6.88. The zero-order chi connectivity index (χ0) is 48.7. The van der Waals surface area contributed by atoms with Gasteiger partial charge in [-0.3, -0.25) is 0 Å². The second kappa shape index (κ2) is 16.4. The number of allylic oxidation sites excluding steroid dienone is 4. The van der Waals surface area contributed by atoms with Gasteiger partial charge in [-0.1, -0.05) is 191 Å². The van der Waals surface area contributed by atoms with Gasteiger partial charge in [-0.25, -0.2) is 0 Å². The summed E-state index contributed by atoms with van der Waals surface area (Å²) >= 11 is 0. The van der Waals surface area contributed by atoms with Crippen LogP contribution in [-0.2, 0) is 5.41 Å². The largest absolute Gasteiger partial charge is 0.454 e. The van der Waals surface area contributed by atoms with Crippen LogP contribution in [0.4, 0.5) is 22.7 Å². The minimum Gasteiger partial charge on any atom is -0.454 e. The van der Waals surface area contributed by atoms with Gasteiger partial charge >= 0.3 is 0 Å². The fraction of sp³-hybridized carbons (Fsp3) is 0.304. The number of furan rings is 1. The van der Waals surface area contributed by atoms with Crippen molar-refractivity contribution >= 4 is 80.5 Å². The molecule has 7 aromatic carbocycles. The fourth-order valence-corrected chi connectivity index (χ4v) is 16.6. The zero-order valence-corrected chi connectivity index (χ0v) is 44.0. The minimum atomic E-state index is -1.58. The average Bonchev–Trinajstić information content (AvgIpc) is 3.74. The van der Waals surface area contributed by atoms with Gasteiger partial charge in [0.2, 0.25) is 0 Å². The molecule has 0 spiro atoms. The first-order valence-corrected chi connectivity index (χ1v) is 31.4. The Morgan fingerprint density at radius 1 is 0.644 bits per heavy atom. The molecule has 5 atom stereocenters. The van der Waals surface area contributed by atoms with Gasteiger partial charge in [0.15, 0.2) is 5.58 Å². The maximum absolute atomic E-state index is 7.00. The molecule has 0 N–H and O–H groups in total. The molecule has 3 fully saturated rings. The van der Waals surface area contributed by atoms with Gasteiger partial charge in [0, 0.05) is 44.4 Å². The van der Waals surface area contributed by atoms with Gasteiger partial charge in [-0.05, 0) is 149 Å². The lowest BCUT2D eigenvalue weighted by Gasteiger charge is -2.49. The Morgan fingerprint density at radius 2 is 1.40 bits per heavy atom. The standard InChI is InChI=1S/C69H66N2OSi/c1-69-39-38-54-62(71(46-32-34-47(35-33-46)73(2,3)4)61-30-17-28-53-50-26-14-15-31-64(50)72-68(53)61)41-56(43-18-8-9-19-43)52-36-37-55(67(69)66(52)54)63(42-59(69)44-20-10-11-21-44)70(45-22-6-5-7-23-45)60-29-16-27-51-48-24-12-13-25-49(48)57-40-58(57)65(51)60/h5-7,12-17,22,24-39,41-45,57-59H,8-11,18-21,23,40H2,1-4H3. The summed E-state index contributed by atoms with van der Waals surface area (Å²) in [5, 5.41) is 6.73. The van der Waals surface area contributed by atoms with Gasteiger partial charge in [-0.15, -0.1) is 0 Å². The Kier molecular flexibility index (Phi) is 9.89. The number of para-hydroxylation sites is 2. The molecule has 7 aliphatic rings. The van der Waals surface area contributed by atoms with E-state index < -0.39 is 8.07 Å². The van der Waals surface area contributed by atoms with E-state index in [1.807, 2.05) is 0 Å². The summed E-state index contributed by atoms with van der Waals surface area (Å²) in [6.45, 7) is 10.0. The van der Waals surface area contributed by atoms with Gasteiger partial charge in [-0.2, -0.15) is 0 Å². The van der Waals surface area contributed by atoms with E-state index in [4.69, 9.17) is 4.42 Å². The molecule has 1 aromatic heterocycles. The lowest BCUT2D eigenvalue weighted by molar-refractivity contribution is 0.296. The monoisotopic (exact) mass is 966 g/mol. The Labute approximate surface area is 432 Å². The SMILES string of the molecule is CC12C=Cc3c(N(c4ccc([Si](C)(C)C)cc4)c4cccc5c4oc4ccccc45)cc(C4CCCC4)c4ccc(c1c34)C(N(c1cccc3c1C1CC1c1ccccc1-3)C1C=CC=CC1)=CC2C1CCCC1. The van der Waals surface area contributed by atoms with Gasteiger partial charge in [0.05, 0.1) is 25.5 Å². The zero-order valence-electron chi connectivity index (χ0n) is 43.0. The highest BCUT2D eigenvalue weighted by Gasteiger charge is 2.50. The first-order chi connectivity index (χ1) is 35.7. The van der Waals surface area contributed by atoms with E-state index >= 15 is 0 Å². The maximum atomic E-state index is 7.00. The molecule has 15 rings (SSSR count). The van der Waals surface area contributed by atoms with Crippen LogP contribution in [-0.4, -0.2) is 14.1 Å². The van der Waals surface area contributed by atoms with Crippen LogP contribution in [0.2, 0.25) is 19.6 Å². The van der Waals surface area contributed by atoms with Crippen LogP contribution in [0, 0.1) is 11.8 Å². The van der Waals surface area contributed by atoms with E-state index in [0.29, 0.717) is 29.6 Å². The first-order valence-electron chi connectivity index (χ1n) is 27.9.